The lowest BCUT2D eigenvalue weighted by Crippen LogP contribution is -2.46. The summed E-state index contributed by atoms with van der Waals surface area (Å²) in [7, 11) is 1.38. The summed E-state index contributed by atoms with van der Waals surface area (Å²) in [4.78, 5) is 82.1. The molecule has 3 rings (SSSR count). The summed E-state index contributed by atoms with van der Waals surface area (Å²) in [5.41, 5.74) is 0.878. The fourth-order valence-corrected chi connectivity index (χ4v) is 4.56. The summed E-state index contributed by atoms with van der Waals surface area (Å²) in [6.45, 7) is 5.62. The van der Waals surface area contributed by atoms with Crippen molar-refractivity contribution < 1.29 is 43.0 Å². The lowest BCUT2D eigenvalue weighted by atomic mass is 9.81. The smallest absolute Gasteiger partial charge is 0.308 e. The highest BCUT2D eigenvalue weighted by molar-refractivity contribution is 6.44. The minimum atomic E-state index is -1.38. The maximum Gasteiger partial charge on any atom is 0.308 e. The number of esters is 2. The van der Waals surface area contributed by atoms with Gasteiger partial charge in [-0.15, -0.1) is 0 Å². The van der Waals surface area contributed by atoms with Crippen molar-refractivity contribution in [2.75, 3.05) is 7.11 Å². The van der Waals surface area contributed by atoms with Gasteiger partial charge in [0.2, 0.25) is 23.1 Å². The zero-order valence-electron chi connectivity index (χ0n) is 23.7. The largest absolute Gasteiger partial charge is 0.493 e. The standard InChI is InChI=1S/C30H34N2O9/c1-16(2)30(38)41-28-17(3)25(35)27(37)21(14-23(34)26(36)20(28)13-19-9-7-6-8-10-19)32-15-22-29(40-18(4)33)24(39-5)11-12-31-22/h6-12,16-17,20-21,28,32H,13-15H2,1-5H3/t17-,20+,21+,28-/m1/s1. The molecule has 1 heterocycles. The van der Waals surface area contributed by atoms with E-state index >= 15 is 0 Å². The first kappa shape index (κ1) is 31.3. The lowest BCUT2D eigenvalue weighted by Gasteiger charge is -2.29. The predicted octanol–water partition coefficient (Wildman–Crippen LogP) is 2.22. The molecular formula is C30H34N2O9. The molecule has 2 aromatic rings. The number of nitrogens with one attached hydrogen (secondary N) is 1. The third kappa shape index (κ3) is 7.69. The number of carbonyl (C=O) groups excluding carboxylic acids is 6. The van der Waals surface area contributed by atoms with Crippen molar-refractivity contribution in [2.45, 2.75) is 59.2 Å². The van der Waals surface area contributed by atoms with Crippen LogP contribution in [0.5, 0.6) is 11.5 Å². The number of ketones is 4. The average molecular weight is 567 g/mol. The monoisotopic (exact) mass is 566 g/mol. The van der Waals surface area contributed by atoms with E-state index in [1.165, 1.54) is 33.2 Å². The molecule has 41 heavy (non-hydrogen) atoms. The van der Waals surface area contributed by atoms with E-state index in [1.54, 1.807) is 44.2 Å². The van der Waals surface area contributed by atoms with Crippen LogP contribution >= 0.6 is 0 Å². The minimum absolute atomic E-state index is 0.0104. The fraction of sp³-hybridized carbons (Fsp3) is 0.433. The summed E-state index contributed by atoms with van der Waals surface area (Å²) in [6.07, 6.45) is -0.492. The molecule has 0 unspecified atom stereocenters. The Kier molecular flexibility index (Phi) is 10.6. The number of rotatable bonds is 9. The summed E-state index contributed by atoms with van der Waals surface area (Å²) in [6, 6.07) is 8.94. The van der Waals surface area contributed by atoms with Crippen molar-refractivity contribution in [1.82, 2.24) is 10.3 Å². The quantitative estimate of drug-likeness (QED) is 0.351. The second-order valence-corrected chi connectivity index (χ2v) is 10.2. The van der Waals surface area contributed by atoms with Crippen LogP contribution in [0.25, 0.3) is 0 Å². The highest BCUT2D eigenvalue weighted by atomic mass is 16.6. The van der Waals surface area contributed by atoms with Crippen LogP contribution < -0.4 is 14.8 Å². The van der Waals surface area contributed by atoms with Gasteiger partial charge in [0, 0.05) is 32.2 Å². The maximum absolute atomic E-state index is 13.6. The molecular weight excluding hydrogens is 532 g/mol. The van der Waals surface area contributed by atoms with Gasteiger partial charge in [-0.3, -0.25) is 33.8 Å². The molecule has 0 saturated heterocycles. The number of nitrogens with zero attached hydrogens (tertiary/aromatic N) is 1. The zero-order chi connectivity index (χ0) is 30.3. The SMILES string of the molecule is COc1ccnc(CN[C@H]2CC(=O)C(=O)[C@H](Cc3ccccc3)[C@H](OC(=O)C(C)C)[C@H](C)C(=O)C2=O)c1OC(C)=O. The molecule has 218 valence electrons. The van der Waals surface area contributed by atoms with Crippen LogP contribution in [-0.2, 0) is 46.5 Å². The third-order valence-electron chi connectivity index (χ3n) is 6.81. The number of hydrogen-bond donors (Lipinski definition) is 1. The van der Waals surface area contributed by atoms with Crippen LogP contribution in [0.4, 0.5) is 0 Å². The number of pyridine rings is 1. The van der Waals surface area contributed by atoms with Crippen molar-refractivity contribution in [1.29, 1.82) is 0 Å². The molecule has 1 N–H and O–H groups in total. The molecule has 4 atom stereocenters. The maximum atomic E-state index is 13.6. The van der Waals surface area contributed by atoms with Gasteiger partial charge in [0.05, 0.1) is 30.9 Å². The number of methoxy groups -OCH3 is 1. The molecule has 1 fully saturated rings. The van der Waals surface area contributed by atoms with E-state index in [0.29, 0.717) is 5.56 Å². The topological polar surface area (TPSA) is 155 Å². The minimum Gasteiger partial charge on any atom is -0.493 e. The number of benzene rings is 1. The van der Waals surface area contributed by atoms with E-state index in [-0.39, 0.29) is 30.2 Å². The molecule has 1 aliphatic rings. The van der Waals surface area contributed by atoms with Crippen LogP contribution in [0.15, 0.2) is 42.6 Å². The van der Waals surface area contributed by atoms with Crippen molar-refractivity contribution in [3.05, 3.63) is 53.9 Å². The number of aromatic nitrogens is 1. The van der Waals surface area contributed by atoms with Gasteiger partial charge in [-0.05, 0) is 12.0 Å². The summed E-state index contributed by atoms with van der Waals surface area (Å²) in [5.74, 6) is -7.56. The van der Waals surface area contributed by atoms with E-state index in [4.69, 9.17) is 14.2 Å². The molecule has 1 aromatic heterocycles. The molecule has 0 radical (unpaired) electrons. The summed E-state index contributed by atoms with van der Waals surface area (Å²) >= 11 is 0. The molecule has 0 bridgehead atoms. The Balaban J connectivity index is 1.97. The molecule has 0 amide bonds. The first-order chi connectivity index (χ1) is 19.4. The first-order valence-corrected chi connectivity index (χ1v) is 13.3. The van der Waals surface area contributed by atoms with Gasteiger partial charge < -0.3 is 19.5 Å². The van der Waals surface area contributed by atoms with Crippen LogP contribution in [0, 0.1) is 17.8 Å². The van der Waals surface area contributed by atoms with Gasteiger partial charge >= 0.3 is 11.9 Å². The van der Waals surface area contributed by atoms with Gasteiger partial charge in [0.25, 0.3) is 0 Å². The van der Waals surface area contributed by atoms with Crippen LogP contribution in [0.1, 0.15) is 45.4 Å². The van der Waals surface area contributed by atoms with Crippen LogP contribution in [0.3, 0.4) is 0 Å². The predicted molar refractivity (Wildman–Crippen MR) is 145 cm³/mol. The molecule has 1 saturated carbocycles. The van der Waals surface area contributed by atoms with Gasteiger partial charge in [-0.1, -0.05) is 51.1 Å². The fourth-order valence-electron chi connectivity index (χ4n) is 4.56. The summed E-state index contributed by atoms with van der Waals surface area (Å²) in [5, 5.41) is 2.83. The van der Waals surface area contributed by atoms with Crippen molar-refractivity contribution in [3.63, 3.8) is 0 Å². The summed E-state index contributed by atoms with van der Waals surface area (Å²) < 4.78 is 16.1. The molecule has 1 aliphatic carbocycles. The lowest BCUT2D eigenvalue weighted by molar-refractivity contribution is -0.163. The van der Waals surface area contributed by atoms with Crippen molar-refractivity contribution in [2.24, 2.45) is 17.8 Å². The first-order valence-electron chi connectivity index (χ1n) is 13.3. The van der Waals surface area contributed by atoms with Gasteiger partial charge in [0.15, 0.2) is 11.5 Å². The molecule has 11 nitrogen and oxygen atoms in total. The second-order valence-electron chi connectivity index (χ2n) is 10.2. The second kappa shape index (κ2) is 13.9. The number of ether oxygens (including phenoxy) is 3. The Bertz CT molecular complexity index is 1320. The van der Waals surface area contributed by atoms with E-state index < -0.39 is 71.4 Å². The Morgan fingerprint density at radius 2 is 1.71 bits per heavy atom. The average Bonchev–Trinajstić information content (AvgIpc) is 2.97. The number of carbonyl (C=O) groups is 6. The highest BCUT2D eigenvalue weighted by Crippen LogP contribution is 2.31. The Hall–Kier alpha value is -4.25. The Morgan fingerprint density at radius 3 is 2.32 bits per heavy atom. The van der Waals surface area contributed by atoms with Gasteiger partial charge in [-0.2, -0.15) is 0 Å². The van der Waals surface area contributed by atoms with Crippen LogP contribution in [0.2, 0.25) is 0 Å². The normalized spacial score (nSPS) is 21.6. The Labute approximate surface area is 237 Å². The molecule has 11 heteroatoms. The van der Waals surface area contributed by atoms with Gasteiger partial charge in [0.1, 0.15) is 11.8 Å². The van der Waals surface area contributed by atoms with Gasteiger partial charge in [-0.25, -0.2) is 0 Å². The van der Waals surface area contributed by atoms with E-state index in [0.717, 1.165) is 0 Å². The van der Waals surface area contributed by atoms with E-state index in [9.17, 15) is 28.8 Å². The zero-order valence-corrected chi connectivity index (χ0v) is 23.7. The molecule has 0 spiro atoms. The number of hydrogen-bond acceptors (Lipinski definition) is 11. The highest BCUT2D eigenvalue weighted by Gasteiger charge is 2.46. The Morgan fingerprint density at radius 1 is 1.02 bits per heavy atom. The molecule has 0 aliphatic heterocycles. The van der Waals surface area contributed by atoms with Crippen molar-refractivity contribution in [3.8, 4) is 11.5 Å². The third-order valence-corrected chi connectivity index (χ3v) is 6.81. The number of Topliss-reactive ketones (excluding diaryl/α,β-unsaturated/α-hetero) is 4. The van der Waals surface area contributed by atoms with E-state index in [2.05, 4.69) is 10.3 Å². The molecule has 1 aromatic carbocycles. The van der Waals surface area contributed by atoms with Crippen LogP contribution in [-0.4, -0.2) is 59.3 Å². The van der Waals surface area contributed by atoms with E-state index in [1.807, 2.05) is 0 Å². The van der Waals surface area contributed by atoms with Crippen molar-refractivity contribution >= 4 is 35.1 Å².